The maximum absolute atomic E-state index is 12.1. The molecule has 122 valence electrons. The molecule has 1 saturated heterocycles. The molecule has 2 rings (SSSR count). The average molecular weight is 307 g/mol. The highest BCUT2D eigenvalue weighted by Crippen LogP contribution is 2.18. The van der Waals surface area contributed by atoms with E-state index >= 15 is 0 Å². The fourth-order valence-electron chi connectivity index (χ4n) is 2.60. The van der Waals surface area contributed by atoms with Gasteiger partial charge in [0.15, 0.2) is 0 Å². The van der Waals surface area contributed by atoms with Gasteiger partial charge in [0.25, 0.3) is 0 Å². The molecule has 1 aromatic rings. The minimum atomic E-state index is 0.0360. The van der Waals surface area contributed by atoms with Gasteiger partial charge in [0.1, 0.15) is 0 Å². The van der Waals surface area contributed by atoms with Crippen LogP contribution in [0.3, 0.4) is 0 Å². The second kappa shape index (κ2) is 8.82. The van der Waals surface area contributed by atoms with Gasteiger partial charge in [-0.15, -0.1) is 0 Å². The van der Waals surface area contributed by atoms with Gasteiger partial charge < -0.3 is 14.8 Å². The van der Waals surface area contributed by atoms with Gasteiger partial charge in [0, 0.05) is 32.0 Å². The minimum Gasteiger partial charge on any atom is -0.383 e. The third kappa shape index (κ3) is 5.36. The number of nitrogens with zero attached hydrogens (tertiary/aromatic N) is 2. The Morgan fingerprint density at radius 3 is 2.95 bits per heavy atom. The first-order chi connectivity index (χ1) is 10.7. The van der Waals surface area contributed by atoms with E-state index in [9.17, 15) is 4.79 Å². The molecule has 0 saturated carbocycles. The Kier molecular flexibility index (Phi) is 6.76. The summed E-state index contributed by atoms with van der Waals surface area (Å²) in [5, 5.41) is 3.09. The maximum Gasteiger partial charge on any atom is 0.234 e. The normalized spacial score (nSPS) is 21.2. The highest BCUT2D eigenvalue weighted by molar-refractivity contribution is 5.78. The molecule has 0 aliphatic carbocycles. The largest absolute Gasteiger partial charge is 0.383 e. The van der Waals surface area contributed by atoms with Crippen LogP contribution in [0.4, 0.5) is 0 Å². The summed E-state index contributed by atoms with van der Waals surface area (Å²) in [4.78, 5) is 18.1. The molecular formula is C16H25N3O3. The van der Waals surface area contributed by atoms with Crippen molar-refractivity contribution in [2.75, 3.05) is 47.1 Å². The van der Waals surface area contributed by atoms with E-state index in [-0.39, 0.29) is 11.9 Å². The molecule has 6 heteroatoms. The van der Waals surface area contributed by atoms with E-state index in [2.05, 4.69) is 10.3 Å². The molecule has 1 fully saturated rings. The highest BCUT2D eigenvalue weighted by atomic mass is 16.5. The van der Waals surface area contributed by atoms with E-state index in [1.807, 2.05) is 24.1 Å². The van der Waals surface area contributed by atoms with Gasteiger partial charge in [-0.2, -0.15) is 0 Å². The van der Waals surface area contributed by atoms with Crippen molar-refractivity contribution in [3.8, 4) is 0 Å². The van der Waals surface area contributed by atoms with Crippen molar-refractivity contribution in [1.29, 1.82) is 0 Å². The Labute approximate surface area is 131 Å². The Morgan fingerprint density at radius 1 is 1.45 bits per heavy atom. The maximum atomic E-state index is 12.1. The van der Waals surface area contributed by atoms with Crippen molar-refractivity contribution in [2.45, 2.75) is 12.5 Å². The van der Waals surface area contributed by atoms with Gasteiger partial charge in [0.2, 0.25) is 5.91 Å². The van der Waals surface area contributed by atoms with Crippen LogP contribution in [0.5, 0.6) is 0 Å². The van der Waals surface area contributed by atoms with Gasteiger partial charge in [-0.1, -0.05) is 0 Å². The van der Waals surface area contributed by atoms with Gasteiger partial charge in [-0.25, -0.2) is 0 Å². The second-order valence-corrected chi connectivity index (χ2v) is 5.76. The Morgan fingerprint density at radius 2 is 2.23 bits per heavy atom. The summed E-state index contributed by atoms with van der Waals surface area (Å²) >= 11 is 0. The molecule has 0 bridgehead atoms. The second-order valence-electron chi connectivity index (χ2n) is 5.76. The molecule has 1 aromatic heterocycles. The topological polar surface area (TPSA) is 63.7 Å². The lowest BCUT2D eigenvalue weighted by atomic mass is 9.95. The summed E-state index contributed by atoms with van der Waals surface area (Å²) in [6.07, 6.45) is 4.49. The Balaban J connectivity index is 1.79. The van der Waals surface area contributed by atoms with Crippen LogP contribution in [0.2, 0.25) is 0 Å². The molecular weight excluding hydrogens is 282 g/mol. The highest BCUT2D eigenvalue weighted by Gasteiger charge is 2.29. The molecule has 1 aliphatic heterocycles. The molecule has 1 aliphatic rings. The number of carbonyl (C=O) groups excluding carboxylic acids is 1. The lowest BCUT2D eigenvalue weighted by molar-refractivity contribution is -0.123. The summed E-state index contributed by atoms with van der Waals surface area (Å²) in [7, 11) is 3.58. The van der Waals surface area contributed by atoms with Gasteiger partial charge in [-0.05, 0) is 31.2 Å². The van der Waals surface area contributed by atoms with E-state index < -0.39 is 0 Å². The first-order valence-electron chi connectivity index (χ1n) is 7.62. The lowest BCUT2D eigenvalue weighted by Crippen LogP contribution is -2.45. The molecule has 6 nitrogen and oxygen atoms in total. The Bertz CT molecular complexity index is 455. The zero-order chi connectivity index (χ0) is 15.8. The van der Waals surface area contributed by atoms with Gasteiger partial charge >= 0.3 is 0 Å². The number of nitrogens with one attached hydrogen (secondary N) is 1. The lowest BCUT2D eigenvalue weighted by Gasteiger charge is -2.21. The predicted molar refractivity (Wildman–Crippen MR) is 83.6 cm³/mol. The number of amides is 1. The number of carbonyl (C=O) groups is 1. The smallest absolute Gasteiger partial charge is 0.234 e. The summed E-state index contributed by atoms with van der Waals surface area (Å²) in [6, 6.07) is 4.10. The van der Waals surface area contributed by atoms with Crippen molar-refractivity contribution < 1.29 is 14.3 Å². The quantitative estimate of drug-likeness (QED) is 0.750. The van der Waals surface area contributed by atoms with Gasteiger partial charge in [-0.3, -0.25) is 14.7 Å². The van der Waals surface area contributed by atoms with Crippen LogP contribution in [0.1, 0.15) is 5.56 Å². The van der Waals surface area contributed by atoms with Crippen LogP contribution in [0.15, 0.2) is 24.5 Å². The average Bonchev–Trinajstić information content (AvgIpc) is 2.93. The molecule has 1 amide bonds. The molecule has 0 spiro atoms. The number of ether oxygens (including phenoxy) is 2. The number of likely N-dealkylation sites (N-methyl/N-ethyl adjacent to an activating group) is 1. The van der Waals surface area contributed by atoms with Crippen LogP contribution in [-0.2, 0) is 20.7 Å². The minimum absolute atomic E-state index is 0.0360. The van der Waals surface area contributed by atoms with Crippen LogP contribution in [0.25, 0.3) is 0 Å². The Hall–Kier alpha value is -1.50. The third-order valence-electron chi connectivity index (χ3n) is 3.88. The van der Waals surface area contributed by atoms with Crippen LogP contribution in [0, 0.1) is 5.92 Å². The zero-order valence-electron chi connectivity index (χ0n) is 13.3. The van der Waals surface area contributed by atoms with E-state index in [1.54, 1.807) is 19.5 Å². The molecule has 2 atom stereocenters. The fourth-order valence-corrected chi connectivity index (χ4v) is 2.60. The molecule has 22 heavy (non-hydrogen) atoms. The number of pyridine rings is 1. The molecule has 0 radical (unpaired) electrons. The van der Waals surface area contributed by atoms with Crippen molar-refractivity contribution in [2.24, 2.45) is 5.92 Å². The zero-order valence-corrected chi connectivity index (χ0v) is 13.3. The summed E-state index contributed by atoms with van der Waals surface area (Å²) in [5.41, 5.74) is 1.22. The molecule has 2 heterocycles. The molecule has 0 aromatic carbocycles. The van der Waals surface area contributed by atoms with Crippen molar-refractivity contribution in [3.63, 3.8) is 0 Å². The number of hydrogen-bond donors (Lipinski definition) is 1. The molecule has 1 N–H and O–H groups in total. The van der Waals surface area contributed by atoms with E-state index in [0.717, 1.165) is 13.0 Å². The monoisotopic (exact) mass is 307 g/mol. The number of aromatic nitrogens is 1. The SMILES string of the molecule is COCCN(C)CC(=O)N[C@H]1COC[C@H]1Cc1ccncc1. The summed E-state index contributed by atoms with van der Waals surface area (Å²) < 4.78 is 10.6. The van der Waals surface area contributed by atoms with E-state index in [0.29, 0.717) is 32.3 Å². The number of rotatable bonds is 8. The van der Waals surface area contributed by atoms with Crippen LogP contribution in [-0.4, -0.2) is 68.9 Å². The van der Waals surface area contributed by atoms with E-state index in [1.165, 1.54) is 5.56 Å². The fraction of sp³-hybridized carbons (Fsp3) is 0.625. The van der Waals surface area contributed by atoms with Crippen molar-refractivity contribution >= 4 is 5.91 Å². The van der Waals surface area contributed by atoms with E-state index in [4.69, 9.17) is 9.47 Å². The van der Waals surface area contributed by atoms with Crippen LogP contribution >= 0.6 is 0 Å². The molecule has 0 unspecified atom stereocenters. The van der Waals surface area contributed by atoms with Crippen LogP contribution < -0.4 is 5.32 Å². The summed E-state index contributed by atoms with van der Waals surface area (Å²) in [6.45, 7) is 3.02. The van der Waals surface area contributed by atoms with Crippen molar-refractivity contribution in [1.82, 2.24) is 15.2 Å². The number of methoxy groups -OCH3 is 1. The summed E-state index contributed by atoms with van der Waals surface area (Å²) in [5.74, 6) is 0.351. The van der Waals surface area contributed by atoms with Crippen molar-refractivity contribution in [3.05, 3.63) is 30.1 Å². The van der Waals surface area contributed by atoms with Gasteiger partial charge in [0.05, 0.1) is 32.4 Å². The third-order valence-corrected chi connectivity index (χ3v) is 3.88. The standard InChI is InChI=1S/C16H25N3O3/c1-19(7-8-21-2)10-16(20)18-15-12-22-11-14(15)9-13-3-5-17-6-4-13/h3-6,14-15H,7-12H2,1-2H3,(H,18,20)/t14-,15+/m1/s1. The predicted octanol–water partition coefficient (Wildman–Crippen LogP) is 0.334. The first kappa shape index (κ1) is 16.9. The first-order valence-corrected chi connectivity index (χ1v) is 7.62. The number of hydrogen-bond acceptors (Lipinski definition) is 5.